The van der Waals surface area contributed by atoms with Crippen molar-refractivity contribution in [2.45, 2.75) is 119 Å². The van der Waals surface area contributed by atoms with Crippen LogP contribution in [-0.4, -0.2) is 83.7 Å². The first kappa shape index (κ1) is 39.9. The van der Waals surface area contributed by atoms with Gasteiger partial charge in [0.05, 0.1) is 17.5 Å². The highest BCUT2D eigenvalue weighted by Gasteiger charge is 2.62. The number of alkyl carbamates (subject to hydrolysis) is 1. The number of pyridine rings is 1. The minimum Gasteiger partial charge on any atom is -0.484 e. The summed E-state index contributed by atoms with van der Waals surface area (Å²) >= 11 is 0. The number of hydrogen-bond acceptors (Lipinski definition) is 10. The normalized spacial score (nSPS) is 27.0. The predicted molar refractivity (Wildman–Crippen MR) is 218 cm³/mol. The second kappa shape index (κ2) is 16.2. The summed E-state index contributed by atoms with van der Waals surface area (Å²) in [6.07, 6.45) is 9.66. The molecule has 2 aliphatic heterocycles. The highest BCUT2D eigenvalue weighted by Crippen LogP contribution is 2.46. The minimum absolute atomic E-state index is 0.0191. The summed E-state index contributed by atoms with van der Waals surface area (Å²) in [7, 11) is -3.93. The highest BCUT2D eigenvalue weighted by atomic mass is 32.2. The van der Waals surface area contributed by atoms with Gasteiger partial charge >= 0.3 is 6.09 Å². The average molecular weight is 842 g/mol. The third-order valence-corrected chi connectivity index (χ3v) is 14.2. The first-order valence-electron chi connectivity index (χ1n) is 21.0. The summed E-state index contributed by atoms with van der Waals surface area (Å²) in [5, 5.41) is 5.49. The zero-order chi connectivity index (χ0) is 41.6. The Hall–Kier alpha value is -5.51. The number of carbonyl (C=O) groups excluding carboxylic acids is 4. The van der Waals surface area contributed by atoms with Gasteiger partial charge in [-0.15, -0.1) is 0 Å². The number of aromatic nitrogens is 1. The molecule has 14 nitrogen and oxygen atoms in total. The molecule has 5 aliphatic rings. The molecule has 2 aromatic heterocycles. The Morgan fingerprint density at radius 1 is 0.950 bits per heavy atom. The van der Waals surface area contributed by atoms with Crippen LogP contribution in [0, 0.1) is 11.7 Å². The van der Waals surface area contributed by atoms with E-state index in [2.05, 4.69) is 15.4 Å². The van der Waals surface area contributed by atoms with Gasteiger partial charge in [-0.1, -0.05) is 55.3 Å². The predicted octanol–water partition coefficient (Wildman–Crippen LogP) is 6.18. The van der Waals surface area contributed by atoms with E-state index in [0.29, 0.717) is 54.3 Å². The Labute approximate surface area is 346 Å². The summed E-state index contributed by atoms with van der Waals surface area (Å²) in [5.41, 5.74) is 0.763. The number of sulfonamides is 1. The molecular weight excluding hydrogens is 794 g/mol. The van der Waals surface area contributed by atoms with Gasteiger partial charge in [-0.3, -0.25) is 19.1 Å². The molecule has 9 rings (SSSR count). The molecular formula is C44H48FN5O9S. The fourth-order valence-electron chi connectivity index (χ4n) is 8.88. The minimum atomic E-state index is -3.93. The van der Waals surface area contributed by atoms with E-state index in [1.165, 1.54) is 23.1 Å². The molecule has 316 valence electrons. The molecule has 3 N–H and O–H groups in total. The van der Waals surface area contributed by atoms with Crippen LogP contribution in [0.1, 0.15) is 83.5 Å². The lowest BCUT2D eigenvalue weighted by atomic mass is 10.0. The van der Waals surface area contributed by atoms with Crippen molar-refractivity contribution in [3.63, 3.8) is 0 Å². The second-order valence-electron chi connectivity index (χ2n) is 16.8. The molecule has 3 aliphatic carbocycles. The summed E-state index contributed by atoms with van der Waals surface area (Å²) < 4.78 is 61.2. The number of nitrogens with one attached hydrogen (secondary N) is 3. The van der Waals surface area contributed by atoms with E-state index >= 15 is 0 Å². The van der Waals surface area contributed by atoms with Gasteiger partial charge < -0.3 is 29.4 Å². The van der Waals surface area contributed by atoms with E-state index in [1.807, 2.05) is 42.5 Å². The Morgan fingerprint density at radius 2 is 1.73 bits per heavy atom. The molecule has 0 radical (unpaired) electrons. The van der Waals surface area contributed by atoms with E-state index in [9.17, 15) is 32.0 Å². The smallest absolute Gasteiger partial charge is 0.408 e. The summed E-state index contributed by atoms with van der Waals surface area (Å²) in [6, 6.07) is 13.0. The Morgan fingerprint density at radius 3 is 2.52 bits per heavy atom. The largest absolute Gasteiger partial charge is 0.484 e. The molecule has 1 saturated heterocycles. The van der Waals surface area contributed by atoms with Crippen molar-refractivity contribution in [2.24, 2.45) is 5.92 Å². The molecule has 0 unspecified atom stereocenters. The van der Waals surface area contributed by atoms with Crippen LogP contribution < -0.4 is 20.1 Å². The fourth-order valence-corrected chi connectivity index (χ4v) is 10.2. The highest BCUT2D eigenvalue weighted by molar-refractivity contribution is 7.91. The van der Waals surface area contributed by atoms with Crippen molar-refractivity contribution in [3.05, 3.63) is 72.6 Å². The van der Waals surface area contributed by atoms with Gasteiger partial charge in [0, 0.05) is 29.4 Å². The van der Waals surface area contributed by atoms with Crippen molar-refractivity contribution >= 4 is 55.9 Å². The standard InChI is InChI=1S/C44H48FN5O9S/c45-28-17-20-36-32(21-28)38-39(59-36)37(23-34(46-38)26-11-5-4-6-12-26)57-30-22-35-40(51)48-44(42(53)49-60(55,56)31-18-19-31)24-27(44)13-7-2-1-3-8-16-33(41(52)50(35)25-30)47-43(54)58-29-14-9-10-15-29/h4-7,11-13,17,20-21,23,27,29-31,33,35H,1-3,8-10,14-16,18-19,22,24-25H2,(H,47,54)(H,48,51)(H,49,53)/b13-7-/t27-,30-,33+,35+,44-/m1/s1. The zero-order valence-corrected chi connectivity index (χ0v) is 33.9. The fraction of sp³-hybridized carbons (Fsp3) is 0.477. The molecule has 3 saturated carbocycles. The molecule has 0 bridgehead atoms. The molecule has 16 heteroatoms. The third-order valence-electron chi connectivity index (χ3n) is 12.4. The number of nitrogens with zero attached hydrogens (tertiary/aromatic N) is 2. The topological polar surface area (TPSA) is 186 Å². The number of amides is 4. The zero-order valence-electron chi connectivity index (χ0n) is 33.1. The van der Waals surface area contributed by atoms with Gasteiger partial charge in [0.25, 0.3) is 5.91 Å². The number of furan rings is 1. The van der Waals surface area contributed by atoms with E-state index in [1.54, 1.807) is 6.07 Å². The lowest BCUT2D eigenvalue weighted by Crippen LogP contribution is -2.58. The van der Waals surface area contributed by atoms with Crippen LogP contribution >= 0.6 is 0 Å². The van der Waals surface area contributed by atoms with Crippen molar-refractivity contribution in [1.82, 2.24) is 25.2 Å². The van der Waals surface area contributed by atoms with Crippen molar-refractivity contribution in [3.8, 4) is 17.0 Å². The van der Waals surface area contributed by atoms with Crippen LogP contribution in [0.3, 0.4) is 0 Å². The summed E-state index contributed by atoms with van der Waals surface area (Å²) in [4.78, 5) is 62.7. The molecule has 4 aromatic rings. The monoisotopic (exact) mass is 841 g/mol. The Balaban J connectivity index is 1.06. The molecule has 4 amide bonds. The maximum absolute atomic E-state index is 14.7. The number of rotatable bonds is 8. The number of halogens is 1. The molecule has 5 atom stereocenters. The van der Waals surface area contributed by atoms with Crippen LogP contribution in [0.25, 0.3) is 33.3 Å². The lowest BCUT2D eigenvalue weighted by Gasteiger charge is -2.30. The Bertz CT molecular complexity index is 2470. The van der Waals surface area contributed by atoms with Gasteiger partial charge in [0.2, 0.25) is 21.8 Å². The molecule has 4 heterocycles. The van der Waals surface area contributed by atoms with E-state index < -0.39 is 74.5 Å². The van der Waals surface area contributed by atoms with Gasteiger partial charge in [-0.2, -0.15) is 0 Å². The summed E-state index contributed by atoms with van der Waals surface area (Å²) in [6.45, 7) is -0.0787. The van der Waals surface area contributed by atoms with Crippen LogP contribution in [0.4, 0.5) is 9.18 Å². The first-order valence-corrected chi connectivity index (χ1v) is 22.6. The number of hydrogen-bond donors (Lipinski definition) is 3. The number of ether oxygens (including phenoxy) is 2. The number of fused-ring (bicyclic) bond motifs is 5. The van der Waals surface area contributed by atoms with E-state index in [4.69, 9.17) is 18.9 Å². The SMILES string of the molecule is O=C(N[C@H]1CCCCC/C=C\[C@@H]2C[C@@]2(C(=O)NS(=O)(=O)C2CC2)NC(=O)[C@@H]2C[C@@H](Oc3cc(-c4ccccc4)nc4c3oc3ccc(F)cc34)CN2C1=O)OC1CCCC1. The second-order valence-corrected chi connectivity index (χ2v) is 18.8. The number of carbonyl (C=O) groups is 4. The average Bonchev–Trinajstić information content (AvgIpc) is 4.05. The molecule has 4 fully saturated rings. The van der Waals surface area contributed by atoms with Crippen molar-refractivity contribution in [1.29, 1.82) is 0 Å². The van der Waals surface area contributed by atoms with Crippen LogP contribution in [0.2, 0.25) is 0 Å². The van der Waals surface area contributed by atoms with Gasteiger partial charge in [0.15, 0.2) is 11.3 Å². The number of benzene rings is 2. The third kappa shape index (κ3) is 8.17. The lowest BCUT2D eigenvalue weighted by molar-refractivity contribution is -0.141. The van der Waals surface area contributed by atoms with Gasteiger partial charge in [-0.05, 0) is 82.4 Å². The van der Waals surface area contributed by atoms with Crippen LogP contribution in [0.5, 0.6) is 5.75 Å². The quantitative estimate of drug-likeness (QED) is 0.173. The van der Waals surface area contributed by atoms with Crippen molar-refractivity contribution in [2.75, 3.05) is 6.54 Å². The number of allylic oxidation sites excluding steroid dienone is 1. The van der Waals surface area contributed by atoms with Gasteiger partial charge in [-0.25, -0.2) is 22.6 Å². The van der Waals surface area contributed by atoms with Crippen LogP contribution in [-0.2, 0) is 29.1 Å². The maximum Gasteiger partial charge on any atom is 0.408 e. The molecule has 60 heavy (non-hydrogen) atoms. The Kier molecular flexibility index (Phi) is 10.8. The van der Waals surface area contributed by atoms with E-state index in [0.717, 1.165) is 44.1 Å². The molecule has 0 spiro atoms. The summed E-state index contributed by atoms with van der Waals surface area (Å²) in [5.74, 6) is -2.64. The first-order chi connectivity index (χ1) is 29.0. The van der Waals surface area contributed by atoms with Crippen molar-refractivity contribution < 1.29 is 45.9 Å². The van der Waals surface area contributed by atoms with Gasteiger partial charge in [0.1, 0.15) is 46.7 Å². The van der Waals surface area contributed by atoms with E-state index in [-0.39, 0.29) is 36.8 Å². The molecule has 2 aromatic carbocycles. The maximum atomic E-state index is 14.7. The van der Waals surface area contributed by atoms with Crippen LogP contribution in [0.15, 0.2) is 71.2 Å².